The number of hydrogen-bond acceptors (Lipinski definition) is 9. The Bertz CT molecular complexity index is 604. The highest BCUT2D eigenvalue weighted by molar-refractivity contribution is 6.44. The first-order valence-electron chi connectivity index (χ1n) is 12.3. The molecule has 0 aliphatic carbocycles. The molecule has 3 rings (SSSR count). The summed E-state index contributed by atoms with van der Waals surface area (Å²) in [7, 11) is -2.84. The van der Waals surface area contributed by atoms with Gasteiger partial charge in [0.25, 0.3) is 0 Å². The lowest BCUT2D eigenvalue weighted by Gasteiger charge is -2.27. The van der Waals surface area contributed by atoms with Gasteiger partial charge in [0.15, 0.2) is 0 Å². The highest BCUT2D eigenvalue weighted by Gasteiger charge is 2.37. The average molecular weight is 506 g/mol. The molecule has 0 saturated carbocycles. The SMILES string of the molecule is CCCNCC(=O)N1CCC[C@H]1B(O)O.Cl.O=C(CNC1CCCNC1)N1CCC[C@H]1B(O)O. The van der Waals surface area contributed by atoms with Crippen molar-refractivity contribution in [2.45, 2.75) is 69.8 Å². The van der Waals surface area contributed by atoms with Crippen molar-refractivity contribution in [3.8, 4) is 0 Å². The van der Waals surface area contributed by atoms with E-state index in [0.717, 1.165) is 51.7 Å². The smallest absolute Gasteiger partial charge is 0.426 e. The minimum atomic E-state index is -1.42. The number of carbonyl (C=O) groups excluding carboxylic acids is 2. The minimum absolute atomic E-state index is 0. The van der Waals surface area contributed by atoms with Crippen LogP contribution >= 0.6 is 12.4 Å². The second-order valence-corrected chi connectivity index (χ2v) is 9.02. The molecular formula is C20H42B2ClN5O6. The monoisotopic (exact) mass is 505 g/mol. The van der Waals surface area contributed by atoms with Gasteiger partial charge in [0.05, 0.1) is 25.0 Å². The molecule has 0 aromatic carbocycles. The van der Waals surface area contributed by atoms with Crippen LogP contribution in [0.15, 0.2) is 0 Å². The average Bonchev–Trinajstić information content (AvgIpc) is 3.49. The fourth-order valence-corrected chi connectivity index (χ4v) is 4.66. The van der Waals surface area contributed by atoms with Gasteiger partial charge >= 0.3 is 14.2 Å². The zero-order valence-corrected chi connectivity index (χ0v) is 21.0. The molecule has 0 aromatic rings. The van der Waals surface area contributed by atoms with E-state index in [1.54, 1.807) is 9.80 Å². The lowest BCUT2D eigenvalue weighted by molar-refractivity contribution is -0.131. The van der Waals surface area contributed by atoms with Crippen molar-refractivity contribution < 1.29 is 29.7 Å². The van der Waals surface area contributed by atoms with Gasteiger partial charge in [-0.3, -0.25) is 9.59 Å². The fourth-order valence-electron chi connectivity index (χ4n) is 4.66. The maximum atomic E-state index is 12.0. The molecule has 0 aromatic heterocycles. The molecule has 7 N–H and O–H groups in total. The number of carbonyl (C=O) groups is 2. The molecule has 1 unspecified atom stereocenters. The van der Waals surface area contributed by atoms with E-state index in [-0.39, 0.29) is 37.3 Å². The van der Waals surface area contributed by atoms with Gasteiger partial charge in [-0.2, -0.15) is 0 Å². The van der Waals surface area contributed by atoms with E-state index in [0.29, 0.717) is 32.0 Å². The second kappa shape index (κ2) is 16.7. The van der Waals surface area contributed by atoms with Gasteiger partial charge in [-0.15, -0.1) is 12.4 Å². The van der Waals surface area contributed by atoms with Gasteiger partial charge in [0.1, 0.15) is 0 Å². The molecule has 11 nitrogen and oxygen atoms in total. The van der Waals surface area contributed by atoms with Crippen LogP contribution < -0.4 is 16.0 Å². The summed E-state index contributed by atoms with van der Waals surface area (Å²) in [6, 6.07) is 0.350. The van der Waals surface area contributed by atoms with Crippen molar-refractivity contribution in [2.24, 2.45) is 0 Å². The first kappa shape index (κ1) is 31.1. The topological polar surface area (TPSA) is 158 Å². The number of likely N-dealkylation sites (tertiary alicyclic amines) is 2. The van der Waals surface area contributed by atoms with Crippen LogP contribution in [0.2, 0.25) is 0 Å². The predicted molar refractivity (Wildman–Crippen MR) is 134 cm³/mol. The predicted octanol–water partition coefficient (Wildman–Crippen LogP) is -2.26. The third-order valence-electron chi connectivity index (χ3n) is 6.47. The van der Waals surface area contributed by atoms with Crippen molar-refractivity contribution in [1.29, 1.82) is 0 Å². The van der Waals surface area contributed by atoms with Crippen LogP contribution in [0, 0.1) is 0 Å². The van der Waals surface area contributed by atoms with Gasteiger partial charge in [-0.25, -0.2) is 0 Å². The van der Waals surface area contributed by atoms with E-state index in [2.05, 4.69) is 16.0 Å². The summed E-state index contributed by atoms with van der Waals surface area (Å²) in [6.07, 6.45) is 6.26. The zero-order chi connectivity index (χ0) is 24.2. The standard InChI is InChI=1S/C11H22BN3O3.C9H19BN2O3.ClH/c16-11(8-14-9-3-1-5-13-7-9)15-6-2-4-10(15)12(17)18;1-2-5-11-7-9(13)12-6-3-4-8(12)10(14)15;/h9-10,13-14,17-18H,1-8H2;8,11,14-15H,2-7H2,1H3;1H/t9?,10-;8-;/m00./s1. The van der Waals surface area contributed by atoms with E-state index >= 15 is 0 Å². The number of halogens is 1. The Morgan fingerprint density at radius 2 is 1.47 bits per heavy atom. The van der Waals surface area contributed by atoms with Crippen LogP contribution in [-0.2, 0) is 9.59 Å². The van der Waals surface area contributed by atoms with Crippen LogP contribution in [0.4, 0.5) is 0 Å². The lowest BCUT2D eigenvalue weighted by Crippen LogP contribution is -2.51. The van der Waals surface area contributed by atoms with Crippen LogP contribution in [0.25, 0.3) is 0 Å². The molecule has 3 aliphatic rings. The summed E-state index contributed by atoms with van der Waals surface area (Å²) < 4.78 is 0. The molecule has 3 saturated heterocycles. The van der Waals surface area contributed by atoms with E-state index in [1.807, 2.05) is 6.92 Å². The number of hydrogen-bond donors (Lipinski definition) is 7. The van der Waals surface area contributed by atoms with Crippen LogP contribution in [-0.4, -0.2) is 120 Å². The first-order chi connectivity index (χ1) is 15.8. The van der Waals surface area contributed by atoms with Crippen LogP contribution in [0.3, 0.4) is 0 Å². The van der Waals surface area contributed by atoms with Crippen molar-refractivity contribution in [2.75, 3.05) is 45.8 Å². The number of amides is 2. The lowest BCUT2D eigenvalue weighted by atomic mass is 9.78. The maximum Gasteiger partial charge on any atom is 0.475 e. The fraction of sp³-hybridized carbons (Fsp3) is 0.900. The summed E-state index contributed by atoms with van der Waals surface area (Å²) in [5.74, 6) is -0.917. The molecule has 14 heteroatoms. The van der Waals surface area contributed by atoms with E-state index in [4.69, 9.17) is 10.0 Å². The maximum absolute atomic E-state index is 12.0. The molecule has 3 fully saturated rings. The van der Waals surface area contributed by atoms with Gasteiger partial charge < -0.3 is 45.8 Å². The largest absolute Gasteiger partial charge is 0.475 e. The second-order valence-electron chi connectivity index (χ2n) is 9.02. The Morgan fingerprint density at radius 3 is 1.94 bits per heavy atom. The molecule has 0 radical (unpaired) electrons. The molecule has 3 aliphatic heterocycles. The van der Waals surface area contributed by atoms with Gasteiger partial charge in [0.2, 0.25) is 11.8 Å². The number of piperidine rings is 1. The molecule has 196 valence electrons. The van der Waals surface area contributed by atoms with Crippen LogP contribution in [0.5, 0.6) is 0 Å². The summed E-state index contributed by atoms with van der Waals surface area (Å²) in [5, 5.41) is 46.2. The van der Waals surface area contributed by atoms with E-state index < -0.39 is 26.1 Å². The normalized spacial score (nSPS) is 24.2. The molecule has 3 atom stereocenters. The number of nitrogens with zero attached hydrogens (tertiary/aromatic N) is 2. The molecular weight excluding hydrogens is 463 g/mol. The van der Waals surface area contributed by atoms with E-state index in [9.17, 15) is 19.6 Å². The van der Waals surface area contributed by atoms with Gasteiger partial charge in [-0.05, 0) is 58.0 Å². The first-order valence-corrected chi connectivity index (χ1v) is 12.3. The molecule has 0 bridgehead atoms. The third-order valence-corrected chi connectivity index (χ3v) is 6.47. The summed E-state index contributed by atoms with van der Waals surface area (Å²) in [5.41, 5.74) is 0. The van der Waals surface area contributed by atoms with E-state index in [1.165, 1.54) is 0 Å². The highest BCUT2D eigenvalue weighted by Crippen LogP contribution is 2.18. The van der Waals surface area contributed by atoms with Crippen LogP contribution in [0.1, 0.15) is 51.9 Å². The Hall–Kier alpha value is -0.920. The van der Waals surface area contributed by atoms with Gasteiger partial charge in [0, 0.05) is 25.7 Å². The van der Waals surface area contributed by atoms with Crippen molar-refractivity contribution >= 4 is 38.5 Å². The minimum Gasteiger partial charge on any atom is -0.426 e. The Morgan fingerprint density at radius 1 is 0.912 bits per heavy atom. The van der Waals surface area contributed by atoms with Crippen molar-refractivity contribution in [3.05, 3.63) is 0 Å². The van der Waals surface area contributed by atoms with Crippen molar-refractivity contribution in [1.82, 2.24) is 25.8 Å². The zero-order valence-electron chi connectivity index (χ0n) is 20.2. The highest BCUT2D eigenvalue weighted by atomic mass is 35.5. The molecule has 3 heterocycles. The summed E-state index contributed by atoms with van der Waals surface area (Å²) in [6.45, 7) is 6.64. The number of nitrogens with one attached hydrogen (secondary N) is 3. The summed E-state index contributed by atoms with van der Waals surface area (Å²) >= 11 is 0. The third kappa shape index (κ3) is 9.98. The Kier molecular flexibility index (Phi) is 15.3. The quantitative estimate of drug-likeness (QED) is 0.136. The molecule has 0 spiro atoms. The molecule has 34 heavy (non-hydrogen) atoms. The van der Waals surface area contributed by atoms with Gasteiger partial charge in [-0.1, -0.05) is 6.92 Å². The summed E-state index contributed by atoms with van der Waals surface area (Å²) in [4.78, 5) is 26.9. The number of rotatable bonds is 9. The Balaban J connectivity index is 0.000000336. The van der Waals surface area contributed by atoms with Crippen molar-refractivity contribution in [3.63, 3.8) is 0 Å². The Labute approximate surface area is 209 Å². The molecule has 2 amide bonds.